The molecule has 0 unspecified atom stereocenters. The Kier molecular flexibility index (Phi) is 3.32. The summed E-state index contributed by atoms with van der Waals surface area (Å²) in [5.41, 5.74) is 0. The zero-order valence-electron chi connectivity index (χ0n) is 9.97. The molecule has 1 aromatic heterocycles. The number of phenolic OH excluding ortho intramolecular Hbond substituents is 1. The molecule has 0 saturated heterocycles. The molecule has 0 aliphatic heterocycles. The van der Waals surface area contributed by atoms with E-state index in [1.807, 2.05) is 18.2 Å². The van der Waals surface area contributed by atoms with Crippen LogP contribution in [0, 0.1) is 0 Å². The molecule has 19 heavy (non-hydrogen) atoms. The van der Waals surface area contributed by atoms with Crippen LogP contribution in [0.5, 0.6) is 11.5 Å². The second kappa shape index (κ2) is 5.11. The van der Waals surface area contributed by atoms with E-state index in [0.29, 0.717) is 6.61 Å². The van der Waals surface area contributed by atoms with Gasteiger partial charge in [0.25, 0.3) is 0 Å². The van der Waals surface area contributed by atoms with Crippen molar-refractivity contribution < 1.29 is 9.84 Å². The summed E-state index contributed by atoms with van der Waals surface area (Å²) < 4.78 is 6.84. The van der Waals surface area contributed by atoms with E-state index in [4.69, 9.17) is 16.3 Å². The van der Waals surface area contributed by atoms with Gasteiger partial charge in [-0.25, -0.2) is 0 Å². The van der Waals surface area contributed by atoms with Gasteiger partial charge in [0.1, 0.15) is 18.1 Å². The minimum Gasteiger partial charge on any atom is -0.508 e. The zero-order chi connectivity index (χ0) is 13.2. The van der Waals surface area contributed by atoms with Gasteiger partial charge in [-0.1, -0.05) is 17.7 Å². The maximum atomic E-state index is 9.20. The van der Waals surface area contributed by atoms with Crippen molar-refractivity contribution in [1.82, 2.24) is 0 Å². The molecule has 0 atom stereocenters. The molecule has 4 heteroatoms. The van der Waals surface area contributed by atoms with Crippen LogP contribution >= 0.6 is 22.9 Å². The lowest BCUT2D eigenvalue weighted by molar-refractivity contribution is 0.309. The second-order valence-electron chi connectivity index (χ2n) is 4.18. The first kappa shape index (κ1) is 12.3. The van der Waals surface area contributed by atoms with Crippen molar-refractivity contribution in [2.24, 2.45) is 0 Å². The van der Waals surface area contributed by atoms with Crippen LogP contribution in [0.2, 0.25) is 5.02 Å². The summed E-state index contributed by atoms with van der Waals surface area (Å²) in [5, 5.41) is 11.1. The molecule has 3 rings (SSSR count). The molecule has 0 aliphatic carbocycles. The predicted molar refractivity (Wildman–Crippen MR) is 79.3 cm³/mol. The van der Waals surface area contributed by atoms with Crippen LogP contribution in [0.4, 0.5) is 0 Å². The minimum atomic E-state index is 0.240. The van der Waals surface area contributed by atoms with Crippen molar-refractivity contribution in [3.63, 3.8) is 0 Å². The summed E-state index contributed by atoms with van der Waals surface area (Å²) in [7, 11) is 0. The second-order valence-corrected chi connectivity index (χ2v) is 5.78. The van der Waals surface area contributed by atoms with Gasteiger partial charge >= 0.3 is 0 Å². The van der Waals surface area contributed by atoms with E-state index < -0.39 is 0 Å². The number of rotatable bonds is 3. The van der Waals surface area contributed by atoms with E-state index in [1.165, 1.54) is 5.39 Å². The fourth-order valence-corrected chi connectivity index (χ4v) is 3.08. The molecule has 1 N–H and O–H groups in total. The SMILES string of the molecule is Oc1ccc(OCc2cc3ccc(Cl)cc3s2)cc1. The van der Waals surface area contributed by atoms with Crippen molar-refractivity contribution >= 4 is 33.0 Å². The van der Waals surface area contributed by atoms with Crippen molar-refractivity contribution in [2.75, 3.05) is 0 Å². The van der Waals surface area contributed by atoms with E-state index in [0.717, 1.165) is 20.3 Å². The van der Waals surface area contributed by atoms with Crippen LogP contribution in [-0.4, -0.2) is 5.11 Å². The molecule has 0 saturated carbocycles. The smallest absolute Gasteiger partial charge is 0.122 e. The van der Waals surface area contributed by atoms with Crippen LogP contribution in [0.25, 0.3) is 10.1 Å². The van der Waals surface area contributed by atoms with Crippen molar-refractivity contribution in [2.45, 2.75) is 6.61 Å². The van der Waals surface area contributed by atoms with Gasteiger partial charge in [0.2, 0.25) is 0 Å². The van der Waals surface area contributed by atoms with E-state index in [-0.39, 0.29) is 5.75 Å². The molecule has 2 nitrogen and oxygen atoms in total. The molecule has 0 fully saturated rings. The van der Waals surface area contributed by atoms with E-state index in [9.17, 15) is 5.11 Å². The first-order valence-corrected chi connectivity index (χ1v) is 7.00. The number of halogens is 1. The first-order chi connectivity index (χ1) is 9.20. The van der Waals surface area contributed by atoms with Crippen LogP contribution < -0.4 is 4.74 Å². The van der Waals surface area contributed by atoms with Crippen molar-refractivity contribution in [3.05, 3.63) is 58.4 Å². The average Bonchev–Trinajstić information content (AvgIpc) is 2.80. The Morgan fingerprint density at radius 2 is 1.84 bits per heavy atom. The molecule has 1 heterocycles. The van der Waals surface area contributed by atoms with Crippen LogP contribution in [0.15, 0.2) is 48.5 Å². The molecular weight excluding hydrogens is 280 g/mol. The molecule has 0 spiro atoms. The predicted octanol–water partition coefficient (Wildman–Crippen LogP) is 4.84. The Morgan fingerprint density at radius 3 is 2.63 bits per heavy atom. The number of hydrogen-bond acceptors (Lipinski definition) is 3. The summed E-state index contributed by atoms with van der Waals surface area (Å²) in [6, 6.07) is 14.7. The number of fused-ring (bicyclic) bond motifs is 1. The topological polar surface area (TPSA) is 29.5 Å². The van der Waals surface area contributed by atoms with Gasteiger partial charge in [0, 0.05) is 14.6 Å². The summed E-state index contributed by atoms with van der Waals surface area (Å²) in [4.78, 5) is 1.14. The lowest BCUT2D eigenvalue weighted by atomic mass is 10.2. The summed E-state index contributed by atoms with van der Waals surface area (Å²) >= 11 is 7.64. The van der Waals surface area contributed by atoms with Crippen molar-refractivity contribution in [3.8, 4) is 11.5 Å². The number of aromatic hydroxyl groups is 1. The monoisotopic (exact) mass is 290 g/mol. The zero-order valence-corrected chi connectivity index (χ0v) is 11.5. The highest BCUT2D eigenvalue weighted by Gasteiger charge is 2.03. The first-order valence-electron chi connectivity index (χ1n) is 5.80. The molecule has 3 aromatic rings. The summed E-state index contributed by atoms with van der Waals surface area (Å²) in [5.74, 6) is 0.983. The Hall–Kier alpha value is -1.71. The van der Waals surface area contributed by atoms with E-state index in [2.05, 4.69) is 6.07 Å². The number of phenols is 1. The van der Waals surface area contributed by atoms with Gasteiger partial charge < -0.3 is 9.84 Å². The summed E-state index contributed by atoms with van der Waals surface area (Å²) in [6.45, 7) is 0.516. The third-order valence-corrected chi connectivity index (χ3v) is 4.06. The standard InChI is InChI=1S/C15H11ClO2S/c16-11-2-1-10-7-14(19-15(10)8-11)9-18-13-5-3-12(17)4-6-13/h1-8,17H,9H2. The molecule has 0 amide bonds. The maximum absolute atomic E-state index is 9.20. The van der Waals surface area contributed by atoms with Gasteiger partial charge in [-0.05, 0) is 47.9 Å². The largest absolute Gasteiger partial charge is 0.508 e. The number of ether oxygens (including phenoxy) is 1. The molecule has 0 aliphatic rings. The Balaban J connectivity index is 1.76. The van der Waals surface area contributed by atoms with Crippen molar-refractivity contribution in [1.29, 1.82) is 0 Å². The van der Waals surface area contributed by atoms with Gasteiger partial charge in [0.15, 0.2) is 0 Å². The van der Waals surface area contributed by atoms with Gasteiger partial charge in [-0.2, -0.15) is 0 Å². The highest BCUT2D eigenvalue weighted by molar-refractivity contribution is 7.19. The fraction of sp³-hybridized carbons (Fsp3) is 0.0667. The van der Waals surface area contributed by atoms with E-state index in [1.54, 1.807) is 35.6 Å². The molecule has 96 valence electrons. The van der Waals surface area contributed by atoms with Crippen LogP contribution in [0.1, 0.15) is 4.88 Å². The Bertz CT molecular complexity index is 704. The van der Waals surface area contributed by atoms with Gasteiger partial charge in [-0.15, -0.1) is 11.3 Å². The quantitative estimate of drug-likeness (QED) is 0.748. The lowest BCUT2D eigenvalue weighted by Crippen LogP contribution is -1.91. The number of hydrogen-bond donors (Lipinski definition) is 1. The molecular formula is C15H11ClO2S. The molecule has 0 radical (unpaired) electrons. The summed E-state index contributed by atoms with van der Waals surface area (Å²) in [6.07, 6.45) is 0. The number of thiophene rings is 1. The lowest BCUT2D eigenvalue weighted by Gasteiger charge is -2.03. The Morgan fingerprint density at radius 1 is 1.05 bits per heavy atom. The Labute approximate surface area is 119 Å². The van der Waals surface area contributed by atoms with Crippen LogP contribution in [0.3, 0.4) is 0 Å². The number of benzene rings is 2. The average molecular weight is 291 g/mol. The third-order valence-electron chi connectivity index (χ3n) is 2.75. The van der Waals surface area contributed by atoms with Gasteiger partial charge in [0.05, 0.1) is 0 Å². The van der Waals surface area contributed by atoms with E-state index >= 15 is 0 Å². The maximum Gasteiger partial charge on any atom is 0.122 e. The highest BCUT2D eigenvalue weighted by Crippen LogP contribution is 2.29. The fourth-order valence-electron chi connectivity index (χ4n) is 1.83. The minimum absolute atomic E-state index is 0.240. The molecule has 0 bridgehead atoms. The third kappa shape index (κ3) is 2.83. The van der Waals surface area contributed by atoms with Gasteiger partial charge in [-0.3, -0.25) is 0 Å². The highest BCUT2D eigenvalue weighted by atomic mass is 35.5. The normalized spacial score (nSPS) is 10.8. The van der Waals surface area contributed by atoms with Crippen LogP contribution in [-0.2, 0) is 6.61 Å². The molecule has 2 aromatic carbocycles.